The quantitative estimate of drug-likeness (QED) is 0.811. The van der Waals surface area contributed by atoms with E-state index in [4.69, 9.17) is 4.74 Å². The van der Waals surface area contributed by atoms with Crippen molar-refractivity contribution in [2.45, 2.75) is 37.5 Å². The molecule has 0 unspecified atom stereocenters. The van der Waals surface area contributed by atoms with E-state index < -0.39 is 10.0 Å². The van der Waals surface area contributed by atoms with Gasteiger partial charge in [0.05, 0.1) is 4.90 Å². The van der Waals surface area contributed by atoms with Gasteiger partial charge in [-0.15, -0.1) is 0 Å². The lowest BCUT2D eigenvalue weighted by Crippen LogP contribution is -2.30. The van der Waals surface area contributed by atoms with E-state index >= 15 is 0 Å². The number of aryl methyl sites for hydroxylation is 1. The summed E-state index contributed by atoms with van der Waals surface area (Å²) >= 11 is 0. The van der Waals surface area contributed by atoms with Gasteiger partial charge in [-0.2, -0.15) is 0 Å². The zero-order valence-electron chi connectivity index (χ0n) is 12.9. The minimum absolute atomic E-state index is 0.383. The van der Waals surface area contributed by atoms with E-state index in [1.165, 1.54) is 4.31 Å². The highest BCUT2D eigenvalue weighted by Gasteiger charge is 2.22. The van der Waals surface area contributed by atoms with E-state index in [1.54, 1.807) is 19.2 Å². The van der Waals surface area contributed by atoms with Crippen LogP contribution in [-0.4, -0.2) is 39.5 Å². The van der Waals surface area contributed by atoms with Gasteiger partial charge in [-0.25, -0.2) is 12.7 Å². The normalized spacial score (nSPS) is 17.3. The summed E-state index contributed by atoms with van der Waals surface area (Å²) in [5, 5.41) is 0. The summed E-state index contributed by atoms with van der Waals surface area (Å²) in [5.74, 6) is 0.582. The molecule has 0 amide bonds. The molecule has 1 fully saturated rings. The first kappa shape index (κ1) is 16.5. The van der Waals surface area contributed by atoms with Crippen molar-refractivity contribution < 1.29 is 13.2 Å². The van der Waals surface area contributed by atoms with E-state index in [2.05, 4.69) is 6.92 Å². The molecular formula is C16H25NO3S. The maximum absolute atomic E-state index is 12.5. The first-order valence-electron chi connectivity index (χ1n) is 7.67. The summed E-state index contributed by atoms with van der Waals surface area (Å²) < 4.78 is 31.8. The van der Waals surface area contributed by atoms with Crippen molar-refractivity contribution in [3.8, 4) is 0 Å². The molecule has 1 saturated heterocycles. The summed E-state index contributed by atoms with van der Waals surface area (Å²) in [6.45, 7) is 4.24. The largest absolute Gasteiger partial charge is 0.381 e. The molecule has 0 radical (unpaired) electrons. The zero-order chi connectivity index (χ0) is 15.3. The first-order chi connectivity index (χ1) is 10.0. The van der Waals surface area contributed by atoms with Crippen LogP contribution in [0.15, 0.2) is 29.2 Å². The van der Waals surface area contributed by atoms with Gasteiger partial charge in [-0.1, -0.05) is 19.1 Å². The summed E-state index contributed by atoms with van der Waals surface area (Å²) in [4.78, 5) is 0.383. The van der Waals surface area contributed by atoms with E-state index in [1.807, 2.05) is 12.1 Å². The standard InChI is InChI=1S/C16H25NO3S/c1-3-14-4-6-16(7-5-14)21(18,19)17(2)11-8-15-9-12-20-13-10-15/h4-7,15H,3,8-13H2,1-2H3. The van der Waals surface area contributed by atoms with Crippen molar-refractivity contribution >= 4 is 10.0 Å². The summed E-state index contributed by atoms with van der Waals surface area (Å²) in [6.07, 6.45) is 3.91. The van der Waals surface area contributed by atoms with Crippen LogP contribution in [0.25, 0.3) is 0 Å². The third kappa shape index (κ3) is 4.28. The van der Waals surface area contributed by atoms with Crippen molar-refractivity contribution in [1.82, 2.24) is 4.31 Å². The molecule has 4 nitrogen and oxygen atoms in total. The number of ether oxygens (including phenoxy) is 1. The maximum atomic E-state index is 12.5. The molecule has 0 bridgehead atoms. The molecule has 118 valence electrons. The molecule has 0 spiro atoms. The van der Waals surface area contributed by atoms with Gasteiger partial charge in [0.2, 0.25) is 10.0 Å². The molecule has 1 aliphatic heterocycles. The smallest absolute Gasteiger partial charge is 0.242 e. The predicted octanol–water partition coefficient (Wildman–Crippen LogP) is 2.69. The molecule has 0 saturated carbocycles. The Labute approximate surface area is 128 Å². The summed E-state index contributed by atoms with van der Waals surface area (Å²) in [6, 6.07) is 7.19. The fourth-order valence-corrected chi connectivity index (χ4v) is 3.78. The third-order valence-corrected chi connectivity index (χ3v) is 6.10. The van der Waals surface area contributed by atoms with E-state index in [9.17, 15) is 8.42 Å². The number of benzene rings is 1. The Balaban J connectivity index is 1.96. The van der Waals surface area contributed by atoms with Crippen molar-refractivity contribution in [3.05, 3.63) is 29.8 Å². The molecule has 0 N–H and O–H groups in total. The Morgan fingerprint density at radius 2 is 1.81 bits per heavy atom. The molecule has 0 aromatic heterocycles. The molecule has 2 rings (SSSR count). The molecule has 0 atom stereocenters. The SMILES string of the molecule is CCc1ccc(S(=O)(=O)N(C)CCC2CCOCC2)cc1. The van der Waals surface area contributed by atoms with Gasteiger partial charge in [-0.05, 0) is 49.3 Å². The molecule has 1 aromatic carbocycles. The number of hydrogen-bond donors (Lipinski definition) is 0. The minimum Gasteiger partial charge on any atom is -0.381 e. The van der Waals surface area contributed by atoms with Crippen LogP contribution in [-0.2, 0) is 21.2 Å². The Hall–Kier alpha value is -0.910. The Bertz CT molecular complexity index is 533. The number of hydrogen-bond acceptors (Lipinski definition) is 3. The highest BCUT2D eigenvalue weighted by Crippen LogP contribution is 2.21. The van der Waals surface area contributed by atoms with Crippen LogP contribution >= 0.6 is 0 Å². The Kier molecular flexibility index (Phi) is 5.79. The number of nitrogens with zero attached hydrogens (tertiary/aromatic N) is 1. The van der Waals surface area contributed by atoms with Crippen molar-refractivity contribution in [2.75, 3.05) is 26.8 Å². The Morgan fingerprint density at radius 1 is 1.19 bits per heavy atom. The lowest BCUT2D eigenvalue weighted by Gasteiger charge is -2.24. The maximum Gasteiger partial charge on any atom is 0.242 e. The first-order valence-corrected chi connectivity index (χ1v) is 9.11. The zero-order valence-corrected chi connectivity index (χ0v) is 13.7. The average Bonchev–Trinajstić information content (AvgIpc) is 2.53. The van der Waals surface area contributed by atoms with Gasteiger partial charge in [0, 0.05) is 26.8 Å². The van der Waals surface area contributed by atoms with E-state index in [0.717, 1.165) is 44.5 Å². The summed E-state index contributed by atoms with van der Waals surface area (Å²) in [5.41, 5.74) is 1.15. The van der Waals surface area contributed by atoms with Gasteiger partial charge >= 0.3 is 0 Å². The van der Waals surface area contributed by atoms with Crippen molar-refractivity contribution in [3.63, 3.8) is 0 Å². The van der Waals surface area contributed by atoms with Gasteiger partial charge in [0.25, 0.3) is 0 Å². The molecule has 5 heteroatoms. The molecule has 1 aromatic rings. The summed E-state index contributed by atoms with van der Waals surface area (Å²) in [7, 11) is -1.69. The second-order valence-electron chi connectivity index (χ2n) is 5.67. The van der Waals surface area contributed by atoms with E-state index in [-0.39, 0.29) is 0 Å². The number of rotatable bonds is 6. The highest BCUT2D eigenvalue weighted by atomic mass is 32.2. The lowest BCUT2D eigenvalue weighted by molar-refractivity contribution is 0.0628. The van der Waals surface area contributed by atoms with Crippen LogP contribution < -0.4 is 0 Å². The van der Waals surface area contributed by atoms with Crippen LogP contribution in [0, 0.1) is 5.92 Å². The topological polar surface area (TPSA) is 46.6 Å². The van der Waals surface area contributed by atoms with Crippen LogP contribution in [0.1, 0.15) is 31.7 Å². The van der Waals surface area contributed by atoms with Crippen LogP contribution in [0.4, 0.5) is 0 Å². The second-order valence-corrected chi connectivity index (χ2v) is 7.71. The minimum atomic E-state index is -3.36. The molecule has 0 aliphatic carbocycles. The molecule has 1 heterocycles. The van der Waals surface area contributed by atoms with Gasteiger partial charge < -0.3 is 4.74 Å². The fourth-order valence-electron chi connectivity index (χ4n) is 2.60. The van der Waals surface area contributed by atoms with Crippen molar-refractivity contribution in [1.29, 1.82) is 0 Å². The highest BCUT2D eigenvalue weighted by molar-refractivity contribution is 7.89. The number of sulfonamides is 1. The van der Waals surface area contributed by atoms with Gasteiger partial charge in [0.1, 0.15) is 0 Å². The van der Waals surface area contributed by atoms with Crippen LogP contribution in [0.3, 0.4) is 0 Å². The third-order valence-electron chi connectivity index (χ3n) is 4.23. The molecule has 1 aliphatic rings. The fraction of sp³-hybridized carbons (Fsp3) is 0.625. The van der Waals surface area contributed by atoms with Gasteiger partial charge in [0.15, 0.2) is 0 Å². The lowest BCUT2D eigenvalue weighted by atomic mass is 9.97. The molecular weight excluding hydrogens is 286 g/mol. The second kappa shape index (κ2) is 7.38. The van der Waals surface area contributed by atoms with E-state index in [0.29, 0.717) is 17.4 Å². The molecule has 21 heavy (non-hydrogen) atoms. The predicted molar refractivity (Wildman–Crippen MR) is 83.8 cm³/mol. The van der Waals surface area contributed by atoms with Gasteiger partial charge in [-0.3, -0.25) is 0 Å². The Morgan fingerprint density at radius 3 is 2.38 bits per heavy atom. The monoisotopic (exact) mass is 311 g/mol. The van der Waals surface area contributed by atoms with Crippen molar-refractivity contribution in [2.24, 2.45) is 5.92 Å². The van der Waals surface area contributed by atoms with Crippen LogP contribution in [0.2, 0.25) is 0 Å². The average molecular weight is 311 g/mol. The van der Waals surface area contributed by atoms with Crippen LogP contribution in [0.5, 0.6) is 0 Å².